The number of esters is 1. The summed E-state index contributed by atoms with van der Waals surface area (Å²) in [6.07, 6.45) is 3.40. The minimum absolute atomic E-state index is 0.111. The number of halogens is 1. The van der Waals surface area contributed by atoms with Crippen LogP contribution in [0.25, 0.3) is 0 Å². The molecule has 29 heavy (non-hydrogen) atoms. The van der Waals surface area contributed by atoms with Crippen molar-refractivity contribution in [2.45, 2.75) is 25.2 Å². The van der Waals surface area contributed by atoms with Gasteiger partial charge in [-0.05, 0) is 36.2 Å². The summed E-state index contributed by atoms with van der Waals surface area (Å²) in [7, 11) is 0. The Kier molecular flexibility index (Phi) is 4.26. The molecule has 3 heterocycles. The van der Waals surface area contributed by atoms with Crippen LogP contribution in [0.1, 0.15) is 11.1 Å². The van der Waals surface area contributed by atoms with Crippen molar-refractivity contribution in [3.8, 4) is 0 Å². The number of nitrogens with zero attached hydrogens (tertiary/aromatic N) is 1. The summed E-state index contributed by atoms with van der Waals surface area (Å²) < 4.78 is 11.7. The zero-order valence-corrected chi connectivity index (χ0v) is 16.6. The smallest absolute Gasteiger partial charge is 0.313 e. The van der Waals surface area contributed by atoms with E-state index in [0.29, 0.717) is 11.6 Å². The molecule has 0 radical (unpaired) electrons. The number of hydrogen-bond donors (Lipinski definition) is 0. The van der Waals surface area contributed by atoms with Crippen LogP contribution in [0.3, 0.4) is 0 Å². The highest BCUT2D eigenvalue weighted by Gasteiger charge is 2.67. The number of carbonyl (C=O) groups excluding carboxylic acids is 2. The molecule has 148 valence electrons. The van der Waals surface area contributed by atoms with Crippen LogP contribution < -0.4 is 4.90 Å². The minimum atomic E-state index is -0.772. The number of rotatable bonds is 4. The monoisotopic (exact) mass is 409 g/mol. The largest absolute Gasteiger partial charge is 0.460 e. The highest BCUT2D eigenvalue weighted by atomic mass is 35.5. The highest BCUT2D eigenvalue weighted by molar-refractivity contribution is 6.31. The maximum Gasteiger partial charge on any atom is 0.313 e. The van der Waals surface area contributed by atoms with E-state index in [-0.39, 0.29) is 12.5 Å². The van der Waals surface area contributed by atoms with Crippen LogP contribution in [0.15, 0.2) is 60.7 Å². The van der Waals surface area contributed by atoms with Gasteiger partial charge in [-0.3, -0.25) is 9.59 Å². The van der Waals surface area contributed by atoms with Gasteiger partial charge in [0, 0.05) is 10.7 Å². The lowest BCUT2D eigenvalue weighted by Gasteiger charge is -2.22. The van der Waals surface area contributed by atoms with Gasteiger partial charge in [-0.15, -0.1) is 0 Å². The Labute approximate surface area is 173 Å². The molecule has 2 saturated heterocycles. The molecule has 0 unspecified atom stereocenters. The van der Waals surface area contributed by atoms with Crippen LogP contribution in [0.2, 0.25) is 5.02 Å². The van der Waals surface area contributed by atoms with Crippen LogP contribution in [0.4, 0.5) is 5.69 Å². The molecule has 3 aliphatic heterocycles. The highest BCUT2D eigenvalue weighted by Crippen LogP contribution is 2.53. The van der Waals surface area contributed by atoms with Crippen molar-refractivity contribution >= 4 is 29.2 Å². The van der Waals surface area contributed by atoms with Crippen molar-refractivity contribution in [3.63, 3.8) is 0 Å². The van der Waals surface area contributed by atoms with Gasteiger partial charge in [-0.2, -0.15) is 0 Å². The van der Waals surface area contributed by atoms with Gasteiger partial charge in [0.05, 0.1) is 18.6 Å². The number of aryl methyl sites for hydroxylation is 1. The van der Waals surface area contributed by atoms with E-state index in [4.69, 9.17) is 21.1 Å². The fourth-order valence-electron chi connectivity index (χ4n) is 4.61. The van der Waals surface area contributed by atoms with Crippen molar-refractivity contribution < 1.29 is 19.1 Å². The number of ether oxygens (including phenoxy) is 2. The summed E-state index contributed by atoms with van der Waals surface area (Å²) in [5.41, 5.74) is 1.79. The van der Waals surface area contributed by atoms with Gasteiger partial charge in [0.1, 0.15) is 18.1 Å². The van der Waals surface area contributed by atoms with Gasteiger partial charge in [-0.25, -0.2) is 0 Å². The van der Waals surface area contributed by atoms with Gasteiger partial charge < -0.3 is 14.4 Å². The molecule has 5 rings (SSSR count). The zero-order chi connectivity index (χ0) is 20.2. The number of amides is 1. The molecule has 2 fully saturated rings. The van der Waals surface area contributed by atoms with Crippen LogP contribution in [0, 0.1) is 18.8 Å². The maximum atomic E-state index is 13.3. The molecule has 3 aliphatic rings. The van der Waals surface area contributed by atoms with Crippen LogP contribution >= 0.6 is 11.6 Å². The first-order valence-corrected chi connectivity index (χ1v) is 10.0. The number of anilines is 1. The summed E-state index contributed by atoms with van der Waals surface area (Å²) in [6, 6.07) is 15.0. The fraction of sp³-hybridized carbons (Fsp3) is 0.304. The molecule has 0 saturated carbocycles. The Morgan fingerprint density at radius 3 is 2.83 bits per heavy atom. The molecule has 2 bridgehead atoms. The van der Waals surface area contributed by atoms with Crippen molar-refractivity contribution in [3.05, 3.63) is 76.8 Å². The molecule has 0 N–H and O–H groups in total. The Balaban J connectivity index is 1.39. The number of carbonyl (C=O) groups is 2. The molecular weight excluding hydrogens is 390 g/mol. The molecule has 1 spiro atoms. The van der Waals surface area contributed by atoms with Gasteiger partial charge in [0.25, 0.3) is 0 Å². The predicted octanol–water partition coefficient (Wildman–Crippen LogP) is 3.68. The molecular formula is C23H20ClNO4. The van der Waals surface area contributed by atoms with Crippen LogP contribution in [0.5, 0.6) is 0 Å². The van der Waals surface area contributed by atoms with E-state index in [1.807, 2.05) is 61.5 Å². The third-order valence-electron chi connectivity index (χ3n) is 6.05. The Bertz CT molecular complexity index is 1020. The van der Waals surface area contributed by atoms with Crippen molar-refractivity contribution in [1.29, 1.82) is 0 Å². The van der Waals surface area contributed by atoms with E-state index in [1.54, 1.807) is 11.0 Å². The molecule has 6 heteroatoms. The summed E-state index contributed by atoms with van der Waals surface area (Å²) in [4.78, 5) is 27.9. The van der Waals surface area contributed by atoms with Gasteiger partial charge in [-0.1, -0.05) is 54.1 Å². The second-order valence-electron chi connectivity index (χ2n) is 7.85. The Hall–Kier alpha value is -2.63. The average Bonchev–Trinajstić information content (AvgIpc) is 3.37. The number of fused-ring (bicyclic) bond motifs is 1. The molecule has 5 nitrogen and oxygen atoms in total. The van der Waals surface area contributed by atoms with E-state index in [1.165, 1.54) is 0 Å². The summed E-state index contributed by atoms with van der Waals surface area (Å²) in [5.74, 6) is -1.70. The molecule has 2 aromatic rings. The fourth-order valence-corrected chi connectivity index (χ4v) is 4.73. The molecule has 0 aliphatic carbocycles. The van der Waals surface area contributed by atoms with E-state index in [0.717, 1.165) is 16.8 Å². The first-order valence-electron chi connectivity index (χ1n) is 9.64. The standard InChI is InChI=1S/C23H20ClNO4/c1-14-11-16(7-8-17(14)24)25-13-23-10-9-18(29-23)19(20(23)21(25)26)22(27)28-12-15-5-3-2-4-6-15/h2-11,18-20H,12-13H2,1H3/t18-,19+,20-,23+/m1/s1. The van der Waals surface area contributed by atoms with E-state index >= 15 is 0 Å². The summed E-state index contributed by atoms with van der Waals surface area (Å²) in [5, 5.41) is 0.651. The lowest BCUT2D eigenvalue weighted by atomic mass is 9.77. The Morgan fingerprint density at radius 2 is 2.07 bits per heavy atom. The lowest BCUT2D eigenvalue weighted by Crippen LogP contribution is -2.40. The van der Waals surface area contributed by atoms with E-state index < -0.39 is 29.5 Å². The summed E-state index contributed by atoms with van der Waals surface area (Å²) >= 11 is 6.13. The first-order chi connectivity index (χ1) is 14.0. The second kappa shape index (κ2) is 6.71. The van der Waals surface area contributed by atoms with Crippen molar-refractivity contribution in [1.82, 2.24) is 0 Å². The minimum Gasteiger partial charge on any atom is -0.460 e. The third-order valence-corrected chi connectivity index (χ3v) is 6.47. The molecule has 0 aromatic heterocycles. The van der Waals surface area contributed by atoms with Crippen molar-refractivity contribution in [2.24, 2.45) is 11.8 Å². The van der Waals surface area contributed by atoms with Gasteiger partial charge in [0.15, 0.2) is 0 Å². The quantitative estimate of drug-likeness (QED) is 0.571. The van der Waals surface area contributed by atoms with Crippen LogP contribution in [-0.4, -0.2) is 30.1 Å². The topological polar surface area (TPSA) is 55.8 Å². The molecule has 2 aromatic carbocycles. The van der Waals surface area contributed by atoms with Gasteiger partial charge in [0.2, 0.25) is 5.91 Å². The molecule has 4 atom stereocenters. The lowest BCUT2D eigenvalue weighted by molar-refractivity contribution is -0.153. The van der Waals surface area contributed by atoms with Crippen molar-refractivity contribution in [2.75, 3.05) is 11.4 Å². The average molecular weight is 410 g/mol. The number of hydrogen-bond acceptors (Lipinski definition) is 4. The maximum absolute atomic E-state index is 13.3. The van der Waals surface area contributed by atoms with Gasteiger partial charge >= 0.3 is 5.97 Å². The SMILES string of the molecule is Cc1cc(N2C[C@]34C=C[C@@H](O3)[C@H](C(=O)OCc3ccccc3)[C@@H]4C2=O)ccc1Cl. The first kappa shape index (κ1) is 18.4. The van der Waals surface area contributed by atoms with E-state index in [2.05, 4.69) is 0 Å². The zero-order valence-electron chi connectivity index (χ0n) is 15.9. The second-order valence-corrected chi connectivity index (χ2v) is 8.26. The predicted molar refractivity (Wildman–Crippen MR) is 109 cm³/mol. The van der Waals surface area contributed by atoms with E-state index in [9.17, 15) is 9.59 Å². The third kappa shape index (κ3) is 2.88. The molecule has 1 amide bonds. The normalized spacial score (nSPS) is 29.4. The Morgan fingerprint density at radius 1 is 1.28 bits per heavy atom. The summed E-state index contributed by atoms with van der Waals surface area (Å²) in [6.45, 7) is 2.46. The number of benzene rings is 2. The van der Waals surface area contributed by atoms with Crippen LogP contribution in [-0.2, 0) is 25.7 Å².